The SMILES string of the molecule is Cc1ccc2c(-c3ccccc3C(=O)O)c3ccc(C)cc3cc2c1. The van der Waals surface area contributed by atoms with Gasteiger partial charge in [-0.15, -0.1) is 0 Å². The Morgan fingerprint density at radius 2 is 1.32 bits per heavy atom. The van der Waals surface area contributed by atoms with Crippen molar-refractivity contribution in [1.82, 2.24) is 0 Å². The molecular weight excluding hydrogens is 308 g/mol. The molecule has 0 bridgehead atoms. The van der Waals surface area contributed by atoms with Crippen LogP contribution in [0.2, 0.25) is 0 Å². The third-order valence-electron chi connectivity index (χ3n) is 4.69. The molecule has 2 heteroatoms. The van der Waals surface area contributed by atoms with E-state index in [4.69, 9.17) is 0 Å². The maximum absolute atomic E-state index is 11.8. The van der Waals surface area contributed by atoms with Crippen LogP contribution in [0.4, 0.5) is 0 Å². The van der Waals surface area contributed by atoms with Crippen LogP contribution >= 0.6 is 0 Å². The van der Waals surface area contributed by atoms with Crippen LogP contribution in [-0.2, 0) is 0 Å². The summed E-state index contributed by atoms with van der Waals surface area (Å²) in [5, 5.41) is 14.1. The molecule has 0 unspecified atom stereocenters. The molecule has 0 aliphatic heterocycles. The van der Waals surface area contributed by atoms with Crippen molar-refractivity contribution in [2.75, 3.05) is 0 Å². The van der Waals surface area contributed by atoms with E-state index in [2.05, 4.69) is 56.3 Å². The van der Waals surface area contributed by atoms with Crippen LogP contribution < -0.4 is 0 Å². The Balaban J connectivity index is 2.22. The van der Waals surface area contributed by atoms with Gasteiger partial charge in [0.05, 0.1) is 5.56 Å². The second-order valence-electron chi connectivity index (χ2n) is 6.55. The topological polar surface area (TPSA) is 37.3 Å². The molecule has 122 valence electrons. The van der Waals surface area contributed by atoms with Crippen molar-refractivity contribution >= 4 is 27.5 Å². The number of carbonyl (C=O) groups is 1. The van der Waals surface area contributed by atoms with Crippen LogP contribution in [0, 0.1) is 13.8 Å². The standard InChI is InChI=1S/C23H18O2/c1-14-7-9-18-16(11-14)13-17-12-15(2)8-10-19(17)22(18)20-5-3-4-6-21(20)23(24)25/h3-13H,1-2H3,(H,24,25). The summed E-state index contributed by atoms with van der Waals surface area (Å²) in [6.07, 6.45) is 0. The fraction of sp³-hybridized carbons (Fsp3) is 0.0870. The molecule has 0 atom stereocenters. The highest BCUT2D eigenvalue weighted by Crippen LogP contribution is 2.38. The average molecular weight is 326 g/mol. The fourth-order valence-electron chi connectivity index (χ4n) is 3.55. The van der Waals surface area contributed by atoms with Crippen molar-refractivity contribution < 1.29 is 9.90 Å². The summed E-state index contributed by atoms with van der Waals surface area (Å²) in [4.78, 5) is 11.8. The van der Waals surface area contributed by atoms with Crippen LogP contribution in [0.5, 0.6) is 0 Å². The van der Waals surface area contributed by atoms with E-state index in [-0.39, 0.29) is 0 Å². The van der Waals surface area contributed by atoms with Gasteiger partial charge in [0.1, 0.15) is 0 Å². The minimum atomic E-state index is -0.903. The molecule has 0 radical (unpaired) electrons. The van der Waals surface area contributed by atoms with E-state index in [9.17, 15) is 9.90 Å². The van der Waals surface area contributed by atoms with E-state index in [1.165, 1.54) is 11.1 Å². The first kappa shape index (κ1) is 15.4. The number of benzene rings is 4. The van der Waals surface area contributed by atoms with Gasteiger partial charge < -0.3 is 5.11 Å². The Morgan fingerprint density at radius 3 is 1.88 bits per heavy atom. The highest BCUT2D eigenvalue weighted by molar-refractivity contribution is 6.15. The van der Waals surface area contributed by atoms with E-state index in [1.54, 1.807) is 12.1 Å². The lowest BCUT2D eigenvalue weighted by Crippen LogP contribution is -2.00. The van der Waals surface area contributed by atoms with Gasteiger partial charge in [-0.3, -0.25) is 0 Å². The molecule has 2 nitrogen and oxygen atoms in total. The van der Waals surface area contributed by atoms with E-state index in [1.807, 2.05) is 12.1 Å². The number of hydrogen-bond donors (Lipinski definition) is 1. The van der Waals surface area contributed by atoms with Crippen LogP contribution in [0.3, 0.4) is 0 Å². The summed E-state index contributed by atoms with van der Waals surface area (Å²) >= 11 is 0. The summed E-state index contributed by atoms with van der Waals surface area (Å²) in [5.41, 5.74) is 4.47. The molecule has 0 heterocycles. The highest BCUT2D eigenvalue weighted by atomic mass is 16.4. The smallest absolute Gasteiger partial charge is 0.336 e. The Hall–Kier alpha value is -3.13. The molecule has 0 aliphatic carbocycles. The molecule has 4 aromatic rings. The van der Waals surface area contributed by atoms with Crippen molar-refractivity contribution in [3.8, 4) is 11.1 Å². The van der Waals surface area contributed by atoms with Gasteiger partial charge in [-0.05, 0) is 58.7 Å². The van der Waals surface area contributed by atoms with Gasteiger partial charge in [-0.2, -0.15) is 0 Å². The van der Waals surface area contributed by atoms with Gasteiger partial charge in [0.25, 0.3) is 0 Å². The molecular formula is C23H18O2. The quantitative estimate of drug-likeness (QED) is 0.460. The highest BCUT2D eigenvalue weighted by Gasteiger charge is 2.16. The summed E-state index contributed by atoms with van der Waals surface area (Å²) < 4.78 is 0. The molecule has 0 spiro atoms. The van der Waals surface area contributed by atoms with Crippen LogP contribution in [-0.4, -0.2) is 11.1 Å². The van der Waals surface area contributed by atoms with Gasteiger partial charge in [0.15, 0.2) is 0 Å². The van der Waals surface area contributed by atoms with Crippen molar-refractivity contribution in [2.45, 2.75) is 13.8 Å². The number of carboxylic acids is 1. The third-order valence-corrected chi connectivity index (χ3v) is 4.69. The van der Waals surface area contributed by atoms with Crippen molar-refractivity contribution in [2.24, 2.45) is 0 Å². The van der Waals surface area contributed by atoms with E-state index < -0.39 is 5.97 Å². The maximum atomic E-state index is 11.8. The first-order valence-electron chi connectivity index (χ1n) is 8.31. The second kappa shape index (κ2) is 5.75. The first-order valence-corrected chi connectivity index (χ1v) is 8.31. The molecule has 0 saturated heterocycles. The molecule has 0 fully saturated rings. The normalized spacial score (nSPS) is 11.1. The number of aromatic carboxylic acids is 1. The number of hydrogen-bond acceptors (Lipinski definition) is 1. The molecule has 25 heavy (non-hydrogen) atoms. The van der Waals surface area contributed by atoms with E-state index >= 15 is 0 Å². The zero-order valence-electron chi connectivity index (χ0n) is 14.2. The largest absolute Gasteiger partial charge is 0.478 e. The van der Waals surface area contributed by atoms with Crippen LogP contribution in [0.1, 0.15) is 21.5 Å². The Labute approximate surface area is 146 Å². The van der Waals surface area contributed by atoms with Crippen LogP contribution in [0.25, 0.3) is 32.7 Å². The van der Waals surface area contributed by atoms with E-state index in [0.29, 0.717) is 5.56 Å². The Morgan fingerprint density at radius 1 is 0.760 bits per heavy atom. The molecule has 0 amide bonds. The maximum Gasteiger partial charge on any atom is 0.336 e. The predicted octanol–water partition coefficient (Wildman–Crippen LogP) is 5.98. The van der Waals surface area contributed by atoms with Gasteiger partial charge in [-0.1, -0.05) is 65.7 Å². The second-order valence-corrected chi connectivity index (χ2v) is 6.55. The monoisotopic (exact) mass is 326 g/mol. The minimum Gasteiger partial charge on any atom is -0.478 e. The number of fused-ring (bicyclic) bond motifs is 2. The first-order chi connectivity index (χ1) is 12.0. The van der Waals surface area contributed by atoms with Gasteiger partial charge in [0.2, 0.25) is 0 Å². The Kier molecular flexibility index (Phi) is 3.54. The molecule has 4 aromatic carbocycles. The van der Waals surface area contributed by atoms with Gasteiger partial charge in [0, 0.05) is 0 Å². The van der Waals surface area contributed by atoms with Crippen LogP contribution in [0.15, 0.2) is 66.7 Å². The predicted molar refractivity (Wildman–Crippen MR) is 103 cm³/mol. The number of carboxylic acid groups (broad SMARTS) is 1. The fourth-order valence-corrected chi connectivity index (χ4v) is 3.55. The van der Waals surface area contributed by atoms with Crippen molar-refractivity contribution in [3.63, 3.8) is 0 Å². The Bertz CT molecular complexity index is 1080. The van der Waals surface area contributed by atoms with Gasteiger partial charge in [-0.25, -0.2) is 4.79 Å². The lowest BCUT2D eigenvalue weighted by atomic mass is 9.89. The summed E-state index contributed by atoms with van der Waals surface area (Å²) in [6.45, 7) is 4.15. The average Bonchev–Trinajstić information content (AvgIpc) is 2.59. The number of rotatable bonds is 2. The zero-order chi connectivity index (χ0) is 17.6. The lowest BCUT2D eigenvalue weighted by molar-refractivity contribution is 0.0698. The van der Waals surface area contributed by atoms with Crippen molar-refractivity contribution in [1.29, 1.82) is 0 Å². The van der Waals surface area contributed by atoms with E-state index in [0.717, 1.165) is 32.7 Å². The zero-order valence-corrected chi connectivity index (χ0v) is 14.2. The minimum absolute atomic E-state index is 0.331. The summed E-state index contributed by atoms with van der Waals surface area (Å²) in [6, 6.07) is 22.1. The molecule has 1 N–H and O–H groups in total. The van der Waals surface area contributed by atoms with Gasteiger partial charge >= 0.3 is 5.97 Å². The third kappa shape index (κ3) is 2.56. The number of aryl methyl sites for hydroxylation is 2. The lowest BCUT2D eigenvalue weighted by Gasteiger charge is -2.15. The van der Waals surface area contributed by atoms with Crippen molar-refractivity contribution in [3.05, 3.63) is 83.4 Å². The molecule has 4 rings (SSSR count). The summed E-state index contributed by atoms with van der Waals surface area (Å²) in [7, 11) is 0. The molecule has 0 aromatic heterocycles. The summed E-state index contributed by atoms with van der Waals surface area (Å²) in [5.74, 6) is -0.903. The molecule has 0 aliphatic rings. The molecule has 0 saturated carbocycles.